The molecule has 0 spiro atoms. The Labute approximate surface area is 120 Å². The smallest absolute Gasteiger partial charge is 0.0762 e. The lowest BCUT2D eigenvalue weighted by atomic mass is 10.1. The van der Waals surface area contributed by atoms with E-state index in [1.54, 1.807) is 6.20 Å². The summed E-state index contributed by atoms with van der Waals surface area (Å²) in [7, 11) is 0. The van der Waals surface area contributed by atoms with Gasteiger partial charge in [-0.2, -0.15) is 5.10 Å². The van der Waals surface area contributed by atoms with Crippen LogP contribution in [-0.2, 0) is 6.54 Å². The van der Waals surface area contributed by atoms with Crippen LogP contribution in [0.2, 0.25) is 0 Å². The zero-order valence-electron chi connectivity index (χ0n) is 12.0. The molecule has 2 aromatic heterocycles. The van der Waals surface area contributed by atoms with Crippen molar-refractivity contribution in [1.82, 2.24) is 20.1 Å². The van der Waals surface area contributed by atoms with Crippen molar-refractivity contribution < 1.29 is 0 Å². The molecule has 0 aliphatic heterocycles. The van der Waals surface area contributed by atoms with Crippen LogP contribution in [0.15, 0.2) is 36.8 Å². The highest BCUT2D eigenvalue weighted by Gasteiger charge is 2.17. The molecule has 4 heteroatoms. The van der Waals surface area contributed by atoms with Crippen LogP contribution < -0.4 is 5.32 Å². The first kappa shape index (κ1) is 13.3. The van der Waals surface area contributed by atoms with Crippen molar-refractivity contribution in [2.24, 2.45) is 0 Å². The van der Waals surface area contributed by atoms with Crippen molar-refractivity contribution in [3.63, 3.8) is 0 Å². The van der Waals surface area contributed by atoms with Crippen molar-refractivity contribution in [2.75, 3.05) is 0 Å². The van der Waals surface area contributed by atoms with Crippen LogP contribution in [0.1, 0.15) is 55.9 Å². The lowest BCUT2D eigenvalue weighted by Gasteiger charge is -2.13. The molecule has 20 heavy (non-hydrogen) atoms. The molecule has 2 heterocycles. The average Bonchev–Trinajstić information content (AvgIpc) is 3.16. The summed E-state index contributed by atoms with van der Waals surface area (Å²) in [6.07, 6.45) is 11.1. The summed E-state index contributed by atoms with van der Waals surface area (Å²) in [5, 5.41) is 8.20. The molecule has 0 bridgehead atoms. The van der Waals surface area contributed by atoms with Gasteiger partial charge in [-0.25, -0.2) is 0 Å². The lowest BCUT2D eigenvalue weighted by Crippen LogP contribution is -2.18. The van der Waals surface area contributed by atoms with Gasteiger partial charge in [-0.15, -0.1) is 0 Å². The third kappa shape index (κ3) is 3.07. The van der Waals surface area contributed by atoms with Crippen LogP contribution in [0.4, 0.5) is 0 Å². The van der Waals surface area contributed by atoms with Crippen molar-refractivity contribution in [1.29, 1.82) is 0 Å². The molecule has 106 valence electrons. The Morgan fingerprint density at radius 3 is 2.95 bits per heavy atom. The molecule has 1 fully saturated rings. The highest BCUT2D eigenvalue weighted by Crippen LogP contribution is 2.28. The Bertz CT molecular complexity index is 528. The summed E-state index contributed by atoms with van der Waals surface area (Å²) in [6.45, 7) is 2.96. The van der Waals surface area contributed by atoms with Crippen LogP contribution >= 0.6 is 0 Å². The average molecular weight is 270 g/mol. The Hall–Kier alpha value is -1.68. The third-order valence-electron chi connectivity index (χ3n) is 4.14. The van der Waals surface area contributed by atoms with Gasteiger partial charge < -0.3 is 5.32 Å². The number of rotatable bonds is 5. The maximum atomic E-state index is 4.70. The van der Waals surface area contributed by atoms with Gasteiger partial charge in [0.2, 0.25) is 0 Å². The van der Waals surface area contributed by atoms with E-state index in [0.717, 1.165) is 12.2 Å². The van der Waals surface area contributed by atoms with E-state index in [2.05, 4.69) is 40.2 Å². The second-order valence-electron chi connectivity index (χ2n) is 5.61. The van der Waals surface area contributed by atoms with E-state index < -0.39 is 0 Å². The van der Waals surface area contributed by atoms with Gasteiger partial charge in [-0.1, -0.05) is 18.9 Å². The van der Waals surface area contributed by atoms with Gasteiger partial charge in [0, 0.05) is 31.2 Å². The first-order valence-electron chi connectivity index (χ1n) is 7.50. The first-order chi connectivity index (χ1) is 9.83. The summed E-state index contributed by atoms with van der Waals surface area (Å²) < 4.78 is 2.15. The van der Waals surface area contributed by atoms with Gasteiger partial charge in [-0.05, 0) is 37.5 Å². The van der Waals surface area contributed by atoms with E-state index in [4.69, 9.17) is 5.10 Å². The molecule has 1 aliphatic carbocycles. The number of nitrogens with zero attached hydrogens (tertiary/aromatic N) is 3. The van der Waals surface area contributed by atoms with E-state index >= 15 is 0 Å². The second-order valence-corrected chi connectivity index (χ2v) is 5.61. The molecule has 0 saturated heterocycles. The second kappa shape index (κ2) is 6.18. The molecule has 1 aliphatic rings. The van der Waals surface area contributed by atoms with Crippen LogP contribution in [0, 0.1) is 0 Å². The molecule has 0 amide bonds. The number of nitrogens with one attached hydrogen (secondary N) is 1. The van der Waals surface area contributed by atoms with Gasteiger partial charge >= 0.3 is 0 Å². The minimum Gasteiger partial charge on any atom is -0.304 e. The fourth-order valence-corrected chi connectivity index (χ4v) is 2.85. The number of hydrogen-bond acceptors (Lipinski definition) is 3. The van der Waals surface area contributed by atoms with Crippen LogP contribution in [0.3, 0.4) is 0 Å². The van der Waals surface area contributed by atoms with Crippen LogP contribution in [0.5, 0.6) is 0 Å². The highest BCUT2D eigenvalue weighted by molar-refractivity contribution is 5.13. The standard InChI is InChI=1S/C16H22N4/c1-13(14-5-4-9-17-11-14)18-12-15-8-10-20(19-15)16-6-2-3-7-16/h4-5,8-11,13,16,18H,2-3,6-7,12H2,1H3/t13-/m0/s1. The molecule has 2 aromatic rings. The maximum absolute atomic E-state index is 4.70. The summed E-state index contributed by atoms with van der Waals surface area (Å²) in [6, 6.07) is 7.12. The van der Waals surface area contributed by atoms with Crippen LogP contribution in [0.25, 0.3) is 0 Å². The molecule has 4 nitrogen and oxygen atoms in total. The number of hydrogen-bond donors (Lipinski definition) is 1. The predicted octanol–water partition coefficient (Wildman–Crippen LogP) is 3.24. The monoisotopic (exact) mass is 270 g/mol. The zero-order valence-corrected chi connectivity index (χ0v) is 12.0. The van der Waals surface area contributed by atoms with E-state index in [-0.39, 0.29) is 0 Å². The van der Waals surface area contributed by atoms with Crippen molar-refractivity contribution in [3.05, 3.63) is 48.0 Å². The minimum absolute atomic E-state index is 0.292. The molecule has 0 unspecified atom stereocenters. The molecule has 0 aromatic carbocycles. The number of aromatic nitrogens is 3. The minimum atomic E-state index is 0.292. The van der Waals surface area contributed by atoms with E-state index in [1.165, 1.54) is 31.2 Å². The molecular weight excluding hydrogens is 248 g/mol. The maximum Gasteiger partial charge on any atom is 0.0762 e. The Morgan fingerprint density at radius 2 is 2.20 bits per heavy atom. The Balaban J connectivity index is 1.56. The summed E-state index contributed by atoms with van der Waals surface area (Å²) in [5.74, 6) is 0. The molecule has 1 saturated carbocycles. The Morgan fingerprint density at radius 1 is 1.35 bits per heavy atom. The summed E-state index contributed by atoms with van der Waals surface area (Å²) >= 11 is 0. The largest absolute Gasteiger partial charge is 0.304 e. The van der Waals surface area contributed by atoms with Crippen molar-refractivity contribution >= 4 is 0 Å². The first-order valence-corrected chi connectivity index (χ1v) is 7.50. The molecule has 1 atom stereocenters. The molecular formula is C16H22N4. The summed E-state index contributed by atoms with van der Waals surface area (Å²) in [4.78, 5) is 4.16. The van der Waals surface area contributed by atoms with E-state index in [1.807, 2.05) is 12.3 Å². The SMILES string of the molecule is C[C@H](NCc1ccn(C2CCCC2)n1)c1cccnc1. The van der Waals surface area contributed by atoms with Crippen molar-refractivity contribution in [2.45, 2.75) is 51.2 Å². The predicted molar refractivity (Wildman–Crippen MR) is 79.2 cm³/mol. The summed E-state index contributed by atoms with van der Waals surface area (Å²) in [5.41, 5.74) is 2.33. The third-order valence-corrected chi connectivity index (χ3v) is 4.14. The quantitative estimate of drug-likeness (QED) is 0.907. The normalized spacial score (nSPS) is 17.4. The van der Waals surface area contributed by atoms with Gasteiger partial charge in [0.25, 0.3) is 0 Å². The van der Waals surface area contributed by atoms with Gasteiger partial charge in [0.05, 0.1) is 11.7 Å². The van der Waals surface area contributed by atoms with Gasteiger partial charge in [0.15, 0.2) is 0 Å². The topological polar surface area (TPSA) is 42.7 Å². The fourth-order valence-electron chi connectivity index (χ4n) is 2.85. The molecule has 3 rings (SSSR count). The fraction of sp³-hybridized carbons (Fsp3) is 0.500. The Kier molecular flexibility index (Phi) is 4.11. The van der Waals surface area contributed by atoms with Crippen molar-refractivity contribution in [3.8, 4) is 0 Å². The van der Waals surface area contributed by atoms with E-state index in [0.29, 0.717) is 12.1 Å². The van der Waals surface area contributed by atoms with E-state index in [9.17, 15) is 0 Å². The van der Waals surface area contributed by atoms with Crippen LogP contribution in [-0.4, -0.2) is 14.8 Å². The molecule has 0 radical (unpaired) electrons. The zero-order chi connectivity index (χ0) is 13.8. The van der Waals surface area contributed by atoms with Gasteiger partial charge in [0.1, 0.15) is 0 Å². The number of pyridine rings is 1. The lowest BCUT2D eigenvalue weighted by molar-refractivity contribution is 0.458. The highest BCUT2D eigenvalue weighted by atomic mass is 15.3. The molecule has 1 N–H and O–H groups in total. The van der Waals surface area contributed by atoms with Gasteiger partial charge in [-0.3, -0.25) is 9.67 Å².